The van der Waals surface area contributed by atoms with Crippen molar-refractivity contribution < 1.29 is 19.7 Å². The molecule has 0 unspecified atom stereocenters. The minimum Gasteiger partial charge on any atom is -0.393 e. The van der Waals surface area contributed by atoms with Crippen LogP contribution in [0, 0.1) is 28.6 Å². The van der Waals surface area contributed by atoms with Crippen molar-refractivity contribution in [2.45, 2.75) is 88.9 Å². The van der Waals surface area contributed by atoms with Crippen LogP contribution in [0.4, 0.5) is 0 Å². The van der Waals surface area contributed by atoms with Crippen LogP contribution >= 0.6 is 0 Å². The summed E-state index contributed by atoms with van der Waals surface area (Å²) in [5.74, 6) is 1.38. The highest BCUT2D eigenvalue weighted by Gasteiger charge is 2.76. The van der Waals surface area contributed by atoms with Gasteiger partial charge in [-0.05, 0) is 75.5 Å². The van der Waals surface area contributed by atoms with E-state index in [1.807, 2.05) is 0 Å². The highest BCUT2D eigenvalue weighted by molar-refractivity contribution is 5.79. The summed E-state index contributed by atoms with van der Waals surface area (Å²) in [5.41, 5.74) is -0.995. The predicted octanol–water partition coefficient (Wildman–Crippen LogP) is 2.84. The fourth-order valence-electron chi connectivity index (χ4n) is 8.54. The van der Waals surface area contributed by atoms with E-state index in [1.165, 1.54) is 0 Å². The number of Topliss-reactive ketones (excluding diaryl/α,β-unsaturated/α-hetero) is 1. The van der Waals surface area contributed by atoms with Crippen molar-refractivity contribution in [2.75, 3.05) is 6.61 Å². The molecular weight excluding hydrogens is 316 g/mol. The third-order valence-corrected chi connectivity index (χ3v) is 9.60. The Bertz CT molecular complexity index is 619. The first-order chi connectivity index (χ1) is 11.8. The minimum absolute atomic E-state index is 0.0670. The highest BCUT2D eigenvalue weighted by Crippen LogP contribution is 2.74. The molecule has 8 atom stereocenters. The minimum atomic E-state index is -0.762. The molecule has 2 bridgehead atoms. The zero-order valence-corrected chi connectivity index (χ0v) is 15.6. The second-order valence-corrected chi connectivity index (χ2v) is 10.2. The highest BCUT2D eigenvalue weighted by atomic mass is 16.5. The van der Waals surface area contributed by atoms with Gasteiger partial charge in [0.05, 0.1) is 23.9 Å². The monoisotopic (exact) mass is 348 g/mol. The fourth-order valence-corrected chi connectivity index (χ4v) is 8.54. The third kappa shape index (κ3) is 1.77. The van der Waals surface area contributed by atoms with Crippen LogP contribution in [0.1, 0.15) is 71.6 Å². The molecule has 25 heavy (non-hydrogen) atoms. The Kier molecular flexibility index (Phi) is 3.26. The van der Waals surface area contributed by atoms with Crippen molar-refractivity contribution in [3.8, 4) is 0 Å². The van der Waals surface area contributed by atoms with Gasteiger partial charge in [-0.1, -0.05) is 6.92 Å². The first-order valence-corrected chi connectivity index (χ1v) is 10.3. The fraction of sp³-hybridized carbons (Fsp3) is 0.952. The first-order valence-electron chi connectivity index (χ1n) is 10.3. The van der Waals surface area contributed by atoms with E-state index in [9.17, 15) is 15.0 Å². The quantitative estimate of drug-likeness (QED) is 0.765. The molecule has 1 spiro atoms. The molecule has 5 fully saturated rings. The van der Waals surface area contributed by atoms with Gasteiger partial charge in [-0.15, -0.1) is 0 Å². The molecule has 140 valence electrons. The van der Waals surface area contributed by atoms with Crippen molar-refractivity contribution in [1.29, 1.82) is 0 Å². The lowest BCUT2D eigenvalue weighted by Gasteiger charge is -2.63. The standard InChI is InChI=1S/C21H32O4/c1-13(22)15-3-4-16-18(15,2)7-6-17-19-8-5-14(23)11-20(19,24)9-10-21(16,17)25-12-19/h14-17,23-24H,3-12H2,1-2H3/t14-,15-,16-,17-,18+,19+,20+,21-/m0/s1. The van der Waals surface area contributed by atoms with Crippen LogP contribution in [0.2, 0.25) is 0 Å². The number of carbonyl (C=O) groups excluding carboxylic acids is 1. The number of ketones is 1. The van der Waals surface area contributed by atoms with E-state index in [2.05, 4.69) is 6.92 Å². The van der Waals surface area contributed by atoms with Crippen molar-refractivity contribution in [2.24, 2.45) is 28.6 Å². The van der Waals surface area contributed by atoms with Crippen molar-refractivity contribution in [1.82, 2.24) is 0 Å². The molecule has 4 nitrogen and oxygen atoms in total. The maximum atomic E-state index is 12.3. The topological polar surface area (TPSA) is 66.8 Å². The summed E-state index contributed by atoms with van der Waals surface area (Å²) in [6.07, 6.45) is 7.71. The molecule has 4 aliphatic carbocycles. The Morgan fingerprint density at radius 2 is 1.84 bits per heavy atom. The normalized spacial score (nSPS) is 59.8. The molecule has 1 saturated heterocycles. The number of hydrogen-bond donors (Lipinski definition) is 2. The third-order valence-electron chi connectivity index (χ3n) is 9.60. The molecule has 5 aliphatic rings. The molecule has 4 saturated carbocycles. The van der Waals surface area contributed by atoms with E-state index in [1.54, 1.807) is 6.92 Å². The number of fused-ring (bicyclic) bond motifs is 1. The number of carbonyl (C=O) groups is 1. The molecule has 1 aliphatic heterocycles. The predicted molar refractivity (Wildman–Crippen MR) is 92.9 cm³/mol. The molecule has 0 aromatic rings. The average molecular weight is 348 g/mol. The Hall–Kier alpha value is -0.450. The van der Waals surface area contributed by atoms with E-state index >= 15 is 0 Å². The summed E-state index contributed by atoms with van der Waals surface area (Å²) in [4.78, 5) is 12.3. The second-order valence-electron chi connectivity index (χ2n) is 10.2. The van der Waals surface area contributed by atoms with Gasteiger partial charge in [0.25, 0.3) is 0 Å². The van der Waals surface area contributed by atoms with Crippen LogP contribution in [-0.2, 0) is 9.53 Å². The SMILES string of the molecule is CC(=O)[C@@H]1CC[C@H]2[C@]1(C)CC[C@@H]1[C@]23CC[C@@]2(O)C[C@@H](O)CC[C@@]12CO3. The smallest absolute Gasteiger partial charge is 0.133 e. The van der Waals surface area contributed by atoms with E-state index in [0.717, 1.165) is 51.4 Å². The zero-order valence-electron chi connectivity index (χ0n) is 15.6. The molecule has 2 N–H and O–H groups in total. The molecular formula is C21H32O4. The summed E-state index contributed by atoms with van der Waals surface area (Å²) in [5, 5.41) is 21.7. The van der Waals surface area contributed by atoms with Crippen LogP contribution in [0.25, 0.3) is 0 Å². The van der Waals surface area contributed by atoms with Crippen molar-refractivity contribution in [3.05, 3.63) is 0 Å². The lowest BCUT2D eigenvalue weighted by Crippen LogP contribution is -2.66. The maximum Gasteiger partial charge on any atom is 0.133 e. The van der Waals surface area contributed by atoms with Crippen molar-refractivity contribution in [3.63, 3.8) is 0 Å². The number of rotatable bonds is 1. The summed E-state index contributed by atoms with van der Waals surface area (Å²) < 4.78 is 6.68. The van der Waals surface area contributed by atoms with Crippen LogP contribution in [0.3, 0.4) is 0 Å². The Morgan fingerprint density at radius 3 is 2.60 bits per heavy atom. The zero-order chi connectivity index (χ0) is 17.7. The van der Waals surface area contributed by atoms with Gasteiger partial charge in [0.2, 0.25) is 0 Å². The molecule has 0 aromatic carbocycles. The van der Waals surface area contributed by atoms with Gasteiger partial charge < -0.3 is 14.9 Å². The maximum absolute atomic E-state index is 12.3. The van der Waals surface area contributed by atoms with Crippen molar-refractivity contribution >= 4 is 5.78 Å². The first kappa shape index (κ1) is 16.7. The van der Waals surface area contributed by atoms with Gasteiger partial charge >= 0.3 is 0 Å². The number of hydrogen-bond acceptors (Lipinski definition) is 4. The molecule has 5 rings (SSSR count). The van der Waals surface area contributed by atoms with Crippen LogP contribution in [-0.4, -0.2) is 39.9 Å². The molecule has 0 radical (unpaired) electrons. The Balaban J connectivity index is 1.56. The van der Waals surface area contributed by atoms with E-state index in [-0.39, 0.29) is 28.5 Å². The van der Waals surface area contributed by atoms with Gasteiger partial charge in [-0.25, -0.2) is 0 Å². The van der Waals surface area contributed by atoms with Gasteiger partial charge in [0.15, 0.2) is 0 Å². The van der Waals surface area contributed by atoms with Crippen LogP contribution in [0.15, 0.2) is 0 Å². The Morgan fingerprint density at radius 1 is 1.04 bits per heavy atom. The van der Waals surface area contributed by atoms with Gasteiger partial charge in [0.1, 0.15) is 5.78 Å². The van der Waals surface area contributed by atoms with Crippen LogP contribution in [0.5, 0.6) is 0 Å². The lowest BCUT2D eigenvalue weighted by molar-refractivity contribution is -0.215. The molecule has 0 amide bonds. The molecule has 4 heteroatoms. The van der Waals surface area contributed by atoms with E-state index < -0.39 is 5.60 Å². The van der Waals surface area contributed by atoms with Crippen LogP contribution < -0.4 is 0 Å². The molecule has 1 heterocycles. The van der Waals surface area contributed by atoms with E-state index in [0.29, 0.717) is 30.6 Å². The Labute approximate surface area is 150 Å². The summed E-state index contributed by atoms with van der Waals surface area (Å²) in [6.45, 7) is 4.75. The summed E-state index contributed by atoms with van der Waals surface area (Å²) >= 11 is 0. The number of aliphatic hydroxyl groups excluding tert-OH is 1. The van der Waals surface area contributed by atoms with E-state index in [4.69, 9.17) is 4.74 Å². The summed E-state index contributed by atoms with van der Waals surface area (Å²) in [6, 6.07) is 0. The van der Waals surface area contributed by atoms with Gasteiger partial charge in [0, 0.05) is 17.8 Å². The van der Waals surface area contributed by atoms with Gasteiger partial charge in [-0.3, -0.25) is 4.79 Å². The van der Waals surface area contributed by atoms with Gasteiger partial charge in [-0.2, -0.15) is 0 Å². The average Bonchev–Trinajstić information content (AvgIpc) is 3.03. The number of aliphatic hydroxyl groups is 2. The second kappa shape index (κ2) is 4.88. The molecule has 0 aromatic heterocycles. The summed E-state index contributed by atoms with van der Waals surface area (Å²) in [7, 11) is 0. The lowest BCUT2D eigenvalue weighted by atomic mass is 9.42. The number of ether oxygens (including phenoxy) is 1. The largest absolute Gasteiger partial charge is 0.393 e.